The van der Waals surface area contributed by atoms with Gasteiger partial charge in [-0.3, -0.25) is 4.79 Å². The maximum Gasteiger partial charge on any atom is 0.249 e. The molecule has 0 radical (unpaired) electrons. The third-order valence-corrected chi connectivity index (χ3v) is 1.64. The molecule has 1 amide bonds. The van der Waals surface area contributed by atoms with E-state index in [1.807, 2.05) is 0 Å². The Morgan fingerprint density at radius 3 is 2.36 bits per heavy atom. The van der Waals surface area contributed by atoms with Gasteiger partial charge in [0.1, 0.15) is 6.10 Å². The molecule has 11 heavy (non-hydrogen) atoms. The third kappa shape index (κ3) is 2.48. The van der Waals surface area contributed by atoms with E-state index in [0.29, 0.717) is 0 Å². The number of hydrogen-bond acceptors (Lipinski definition) is 3. The van der Waals surface area contributed by atoms with Gasteiger partial charge in [-0.2, -0.15) is 0 Å². The Morgan fingerprint density at radius 1 is 1.64 bits per heavy atom. The van der Waals surface area contributed by atoms with Gasteiger partial charge in [-0.05, 0) is 0 Å². The zero-order valence-corrected chi connectivity index (χ0v) is 7.09. The molecule has 0 aromatic carbocycles. The Kier molecular flexibility index (Phi) is 3.48. The van der Waals surface area contributed by atoms with Crippen LogP contribution in [0.3, 0.4) is 0 Å². The average Bonchev–Trinajstić information content (AvgIpc) is 2.01. The number of carbonyl (C=O) groups excluding carboxylic acids is 1. The second-order valence-electron chi connectivity index (χ2n) is 3.16. The van der Waals surface area contributed by atoms with Crippen molar-refractivity contribution >= 4 is 5.91 Å². The van der Waals surface area contributed by atoms with E-state index in [4.69, 9.17) is 5.11 Å². The first-order chi connectivity index (χ1) is 4.95. The van der Waals surface area contributed by atoms with Crippen LogP contribution >= 0.6 is 0 Å². The lowest BCUT2D eigenvalue weighted by molar-refractivity contribution is -0.136. The standard InChI is InChI=1S/C7H15NO3/c1-7(2,4-9)5(10)6(11)8-3/h5,9-10H,4H2,1-3H3,(H,8,11)/t5-/m1/s1. The fraction of sp³-hybridized carbons (Fsp3) is 0.857. The molecule has 0 unspecified atom stereocenters. The van der Waals surface area contributed by atoms with Gasteiger partial charge < -0.3 is 15.5 Å². The fourth-order valence-electron chi connectivity index (χ4n) is 0.578. The van der Waals surface area contributed by atoms with Crippen LogP contribution in [0.15, 0.2) is 0 Å². The van der Waals surface area contributed by atoms with E-state index in [9.17, 15) is 9.90 Å². The second-order valence-corrected chi connectivity index (χ2v) is 3.16. The number of aliphatic hydroxyl groups excluding tert-OH is 2. The van der Waals surface area contributed by atoms with Crippen molar-refractivity contribution in [2.45, 2.75) is 20.0 Å². The van der Waals surface area contributed by atoms with Gasteiger partial charge in [0.15, 0.2) is 0 Å². The first-order valence-electron chi connectivity index (χ1n) is 3.46. The molecule has 0 bridgehead atoms. The quantitative estimate of drug-likeness (QED) is 0.503. The van der Waals surface area contributed by atoms with Gasteiger partial charge in [0.2, 0.25) is 5.91 Å². The van der Waals surface area contributed by atoms with Crippen LogP contribution in [-0.2, 0) is 4.79 Å². The van der Waals surface area contributed by atoms with E-state index in [-0.39, 0.29) is 6.61 Å². The first kappa shape index (κ1) is 10.4. The minimum Gasteiger partial charge on any atom is -0.396 e. The Bertz CT molecular complexity index is 145. The Morgan fingerprint density at radius 2 is 2.09 bits per heavy atom. The predicted molar refractivity (Wildman–Crippen MR) is 40.9 cm³/mol. The fourth-order valence-corrected chi connectivity index (χ4v) is 0.578. The number of hydrogen-bond donors (Lipinski definition) is 3. The van der Waals surface area contributed by atoms with E-state index < -0.39 is 17.4 Å². The van der Waals surface area contributed by atoms with Crippen LogP contribution in [-0.4, -0.2) is 35.9 Å². The van der Waals surface area contributed by atoms with Crippen LogP contribution in [0, 0.1) is 5.41 Å². The molecule has 66 valence electrons. The zero-order valence-electron chi connectivity index (χ0n) is 7.09. The summed E-state index contributed by atoms with van der Waals surface area (Å²) in [5.74, 6) is -0.468. The lowest BCUT2D eigenvalue weighted by Gasteiger charge is -2.26. The van der Waals surface area contributed by atoms with Gasteiger partial charge >= 0.3 is 0 Å². The molecule has 0 heterocycles. The van der Waals surface area contributed by atoms with Gasteiger partial charge in [0, 0.05) is 12.5 Å². The van der Waals surface area contributed by atoms with Crippen LogP contribution in [0.5, 0.6) is 0 Å². The highest BCUT2D eigenvalue weighted by Crippen LogP contribution is 2.19. The summed E-state index contributed by atoms with van der Waals surface area (Å²) in [6.07, 6.45) is -1.16. The molecule has 0 saturated heterocycles. The SMILES string of the molecule is CNC(=O)[C@@H](O)C(C)(C)CO. The zero-order chi connectivity index (χ0) is 9.07. The number of likely N-dealkylation sites (N-methyl/N-ethyl adjacent to an activating group) is 1. The minimum atomic E-state index is -1.16. The van der Waals surface area contributed by atoms with Crippen molar-refractivity contribution in [1.82, 2.24) is 5.32 Å². The summed E-state index contributed by atoms with van der Waals surface area (Å²) >= 11 is 0. The molecular formula is C7H15NO3. The number of carbonyl (C=O) groups is 1. The third-order valence-electron chi connectivity index (χ3n) is 1.64. The number of rotatable bonds is 3. The normalized spacial score (nSPS) is 14.3. The van der Waals surface area contributed by atoms with Gasteiger partial charge in [-0.25, -0.2) is 0 Å². The average molecular weight is 161 g/mol. The topological polar surface area (TPSA) is 69.6 Å². The van der Waals surface area contributed by atoms with Gasteiger partial charge in [0.05, 0.1) is 6.61 Å². The smallest absolute Gasteiger partial charge is 0.249 e. The maximum absolute atomic E-state index is 10.8. The van der Waals surface area contributed by atoms with Crippen LogP contribution in [0.4, 0.5) is 0 Å². The van der Waals surface area contributed by atoms with Crippen molar-refractivity contribution in [3.8, 4) is 0 Å². The van der Waals surface area contributed by atoms with Crippen molar-refractivity contribution in [2.75, 3.05) is 13.7 Å². The Labute approximate surface area is 66.2 Å². The Hall–Kier alpha value is -0.610. The molecule has 0 aliphatic rings. The largest absolute Gasteiger partial charge is 0.396 e. The minimum absolute atomic E-state index is 0.221. The molecule has 0 aliphatic carbocycles. The molecule has 0 fully saturated rings. The number of aliphatic hydroxyl groups is 2. The highest BCUT2D eigenvalue weighted by molar-refractivity contribution is 5.80. The second kappa shape index (κ2) is 3.69. The summed E-state index contributed by atoms with van der Waals surface area (Å²) in [6, 6.07) is 0. The molecule has 0 aromatic rings. The first-order valence-corrected chi connectivity index (χ1v) is 3.46. The molecular weight excluding hydrogens is 146 g/mol. The van der Waals surface area contributed by atoms with Crippen LogP contribution < -0.4 is 5.32 Å². The maximum atomic E-state index is 10.8. The van der Waals surface area contributed by atoms with E-state index >= 15 is 0 Å². The summed E-state index contributed by atoms with van der Waals surface area (Å²) in [4.78, 5) is 10.8. The molecule has 0 aliphatic heterocycles. The summed E-state index contributed by atoms with van der Waals surface area (Å²) in [6.45, 7) is 3.02. The number of amides is 1. The monoisotopic (exact) mass is 161 g/mol. The predicted octanol–water partition coefficient (Wildman–Crippen LogP) is -0.888. The van der Waals surface area contributed by atoms with Crippen LogP contribution in [0.25, 0.3) is 0 Å². The highest BCUT2D eigenvalue weighted by atomic mass is 16.3. The van der Waals surface area contributed by atoms with Gasteiger partial charge in [-0.15, -0.1) is 0 Å². The molecule has 0 saturated carbocycles. The Balaban J connectivity index is 4.22. The summed E-state index contributed by atoms with van der Waals surface area (Å²) in [5, 5.41) is 20.3. The summed E-state index contributed by atoms with van der Waals surface area (Å²) < 4.78 is 0. The lowest BCUT2D eigenvalue weighted by atomic mass is 9.87. The van der Waals surface area contributed by atoms with Crippen LogP contribution in [0.1, 0.15) is 13.8 Å². The summed E-state index contributed by atoms with van der Waals surface area (Å²) in [7, 11) is 1.44. The number of nitrogens with one attached hydrogen (secondary N) is 1. The molecule has 4 nitrogen and oxygen atoms in total. The molecule has 0 aromatic heterocycles. The lowest BCUT2D eigenvalue weighted by Crippen LogP contribution is -2.44. The van der Waals surface area contributed by atoms with Crippen molar-refractivity contribution in [3.05, 3.63) is 0 Å². The van der Waals surface area contributed by atoms with Crippen LogP contribution in [0.2, 0.25) is 0 Å². The van der Waals surface area contributed by atoms with Crippen molar-refractivity contribution in [3.63, 3.8) is 0 Å². The molecule has 0 rings (SSSR count). The van der Waals surface area contributed by atoms with Gasteiger partial charge in [0.25, 0.3) is 0 Å². The van der Waals surface area contributed by atoms with Crippen molar-refractivity contribution < 1.29 is 15.0 Å². The molecule has 0 spiro atoms. The van der Waals surface area contributed by atoms with E-state index in [1.54, 1.807) is 13.8 Å². The molecule has 4 heteroatoms. The van der Waals surface area contributed by atoms with E-state index in [0.717, 1.165) is 0 Å². The molecule has 1 atom stereocenters. The van der Waals surface area contributed by atoms with Crippen molar-refractivity contribution in [1.29, 1.82) is 0 Å². The highest BCUT2D eigenvalue weighted by Gasteiger charge is 2.32. The van der Waals surface area contributed by atoms with E-state index in [2.05, 4.69) is 5.32 Å². The van der Waals surface area contributed by atoms with Gasteiger partial charge in [-0.1, -0.05) is 13.8 Å². The van der Waals surface area contributed by atoms with E-state index in [1.165, 1.54) is 7.05 Å². The molecule has 3 N–H and O–H groups in total. The summed E-state index contributed by atoms with van der Waals surface area (Å²) in [5.41, 5.74) is -0.778. The van der Waals surface area contributed by atoms with Crippen molar-refractivity contribution in [2.24, 2.45) is 5.41 Å².